The van der Waals surface area contributed by atoms with E-state index in [0.29, 0.717) is 15.4 Å². The van der Waals surface area contributed by atoms with Crippen LogP contribution in [0.15, 0.2) is 0 Å². The van der Waals surface area contributed by atoms with Gasteiger partial charge in [-0.15, -0.1) is 11.3 Å². The minimum atomic E-state index is -0.541. The van der Waals surface area contributed by atoms with E-state index in [4.69, 9.17) is 4.74 Å². The number of methoxy groups -OCH3 is 1. The summed E-state index contributed by atoms with van der Waals surface area (Å²) in [7, 11) is 1.29. The van der Waals surface area contributed by atoms with E-state index in [1.165, 1.54) is 7.11 Å². The molecule has 0 bridgehead atoms. The van der Waals surface area contributed by atoms with E-state index in [0.717, 1.165) is 43.7 Å². The molecule has 132 valence electrons. The lowest BCUT2D eigenvalue weighted by atomic mass is 10.1. The zero-order chi connectivity index (χ0) is 17.9. The van der Waals surface area contributed by atoms with Crippen LogP contribution in [0.5, 0.6) is 0 Å². The van der Waals surface area contributed by atoms with E-state index in [2.05, 4.69) is 5.32 Å². The average molecular weight is 352 g/mol. The first-order chi connectivity index (χ1) is 11.4. The van der Waals surface area contributed by atoms with E-state index < -0.39 is 5.97 Å². The Kier molecular flexibility index (Phi) is 5.99. The molecule has 0 aromatic carbocycles. The minimum absolute atomic E-state index is 0.0765. The molecule has 24 heavy (non-hydrogen) atoms. The van der Waals surface area contributed by atoms with Gasteiger partial charge in [0.15, 0.2) is 0 Å². The Morgan fingerprint density at radius 1 is 1.17 bits per heavy atom. The highest BCUT2D eigenvalue weighted by Gasteiger charge is 2.29. The lowest BCUT2D eigenvalue weighted by Crippen LogP contribution is -2.35. The van der Waals surface area contributed by atoms with Gasteiger partial charge < -0.3 is 15.0 Å². The van der Waals surface area contributed by atoms with Crippen LogP contribution in [0.4, 0.5) is 5.00 Å². The highest BCUT2D eigenvalue weighted by Crippen LogP contribution is 2.35. The molecule has 7 heteroatoms. The summed E-state index contributed by atoms with van der Waals surface area (Å²) in [5.41, 5.74) is 0.846. The fourth-order valence-electron chi connectivity index (χ4n) is 2.65. The third-order valence-electron chi connectivity index (χ3n) is 4.13. The Labute approximate surface area is 146 Å². The van der Waals surface area contributed by atoms with Crippen LogP contribution in [-0.4, -0.2) is 42.9 Å². The van der Waals surface area contributed by atoms with E-state index in [9.17, 15) is 14.4 Å². The molecule has 1 aliphatic heterocycles. The van der Waals surface area contributed by atoms with Crippen molar-refractivity contribution in [3.63, 3.8) is 0 Å². The molecule has 2 amide bonds. The van der Waals surface area contributed by atoms with Crippen molar-refractivity contribution in [3.05, 3.63) is 16.0 Å². The van der Waals surface area contributed by atoms with Gasteiger partial charge in [0, 0.05) is 19.0 Å². The summed E-state index contributed by atoms with van der Waals surface area (Å²) < 4.78 is 4.83. The van der Waals surface area contributed by atoms with Crippen molar-refractivity contribution in [2.75, 3.05) is 25.5 Å². The van der Waals surface area contributed by atoms with Gasteiger partial charge in [-0.2, -0.15) is 0 Å². The first-order valence-corrected chi connectivity index (χ1v) is 9.00. The molecular formula is C17H24N2O4S. The normalized spacial score (nSPS) is 14.6. The zero-order valence-corrected chi connectivity index (χ0v) is 15.4. The van der Waals surface area contributed by atoms with Crippen LogP contribution < -0.4 is 5.32 Å². The van der Waals surface area contributed by atoms with E-state index in [1.807, 2.05) is 4.90 Å². The summed E-state index contributed by atoms with van der Waals surface area (Å²) in [5.74, 6) is -1.04. The fraction of sp³-hybridized carbons (Fsp3) is 0.588. The molecule has 1 N–H and O–H groups in total. The lowest BCUT2D eigenvalue weighted by Gasteiger charge is -2.26. The van der Waals surface area contributed by atoms with Crippen molar-refractivity contribution < 1.29 is 19.1 Å². The first kappa shape index (κ1) is 18.4. The predicted octanol–water partition coefficient (Wildman–Crippen LogP) is 3.06. The quantitative estimate of drug-likeness (QED) is 0.845. The molecule has 2 rings (SSSR count). The van der Waals surface area contributed by atoms with Gasteiger partial charge in [0.05, 0.1) is 17.6 Å². The summed E-state index contributed by atoms with van der Waals surface area (Å²) >= 11 is 1.15. The van der Waals surface area contributed by atoms with Gasteiger partial charge in [-0.25, -0.2) is 4.79 Å². The van der Waals surface area contributed by atoms with Gasteiger partial charge in [-0.3, -0.25) is 9.59 Å². The first-order valence-electron chi connectivity index (χ1n) is 8.18. The number of anilines is 1. The van der Waals surface area contributed by atoms with Crippen molar-refractivity contribution in [3.8, 4) is 0 Å². The largest absolute Gasteiger partial charge is 0.465 e. The number of ether oxygens (including phenoxy) is 1. The third kappa shape index (κ3) is 3.77. The van der Waals surface area contributed by atoms with Gasteiger partial charge in [0.2, 0.25) is 5.91 Å². The van der Waals surface area contributed by atoms with Crippen molar-refractivity contribution in [1.82, 2.24) is 4.90 Å². The Bertz CT molecular complexity index is 645. The number of hydrogen-bond donors (Lipinski definition) is 1. The molecule has 1 aliphatic rings. The number of rotatable bonds is 4. The monoisotopic (exact) mass is 352 g/mol. The van der Waals surface area contributed by atoms with Crippen molar-refractivity contribution in [2.24, 2.45) is 5.92 Å². The van der Waals surface area contributed by atoms with E-state index in [-0.39, 0.29) is 23.3 Å². The summed E-state index contributed by atoms with van der Waals surface area (Å²) in [6.45, 7) is 6.74. The number of hydrogen-bond acceptors (Lipinski definition) is 5. The molecule has 0 atom stereocenters. The van der Waals surface area contributed by atoms with Crippen LogP contribution >= 0.6 is 11.3 Å². The van der Waals surface area contributed by atoms with Gasteiger partial charge in [0.25, 0.3) is 5.91 Å². The van der Waals surface area contributed by atoms with Crippen LogP contribution in [0.1, 0.15) is 58.7 Å². The number of thiophene rings is 1. The highest BCUT2D eigenvalue weighted by atomic mass is 32.1. The van der Waals surface area contributed by atoms with E-state index >= 15 is 0 Å². The van der Waals surface area contributed by atoms with Crippen LogP contribution in [0, 0.1) is 12.8 Å². The second kappa shape index (κ2) is 7.79. The molecule has 1 fully saturated rings. The van der Waals surface area contributed by atoms with Crippen LogP contribution in [0.25, 0.3) is 0 Å². The highest BCUT2D eigenvalue weighted by molar-refractivity contribution is 7.18. The summed E-state index contributed by atoms with van der Waals surface area (Å²) in [4.78, 5) is 39.2. The second-order valence-corrected chi connectivity index (χ2v) is 7.27. The zero-order valence-electron chi connectivity index (χ0n) is 14.6. The molecule has 0 saturated carbocycles. The molecule has 1 saturated heterocycles. The topological polar surface area (TPSA) is 75.7 Å². The molecule has 0 spiro atoms. The number of piperidine rings is 1. The Hall–Kier alpha value is -1.89. The number of nitrogens with one attached hydrogen (secondary N) is 1. The Morgan fingerprint density at radius 2 is 1.79 bits per heavy atom. The van der Waals surface area contributed by atoms with E-state index in [1.54, 1.807) is 20.8 Å². The lowest BCUT2D eigenvalue weighted by molar-refractivity contribution is -0.118. The molecule has 1 aromatic rings. The Balaban J connectivity index is 2.38. The molecular weight excluding hydrogens is 328 g/mol. The molecule has 0 radical (unpaired) electrons. The van der Waals surface area contributed by atoms with Crippen LogP contribution in [0.2, 0.25) is 0 Å². The molecule has 1 aromatic heterocycles. The maximum absolute atomic E-state index is 12.8. The van der Waals surface area contributed by atoms with Crippen molar-refractivity contribution in [2.45, 2.75) is 40.0 Å². The van der Waals surface area contributed by atoms with Gasteiger partial charge in [-0.1, -0.05) is 13.8 Å². The average Bonchev–Trinajstić information content (AvgIpc) is 2.90. The fourth-order valence-corrected chi connectivity index (χ4v) is 3.82. The maximum atomic E-state index is 12.8. The van der Waals surface area contributed by atoms with Gasteiger partial charge in [-0.05, 0) is 31.7 Å². The number of carbonyl (C=O) groups excluding carboxylic acids is 3. The number of amides is 2. The summed E-state index contributed by atoms with van der Waals surface area (Å²) in [6.07, 6.45) is 3.13. The smallest absolute Gasteiger partial charge is 0.341 e. The summed E-state index contributed by atoms with van der Waals surface area (Å²) in [5, 5.41) is 3.14. The Morgan fingerprint density at radius 3 is 2.33 bits per heavy atom. The SMILES string of the molecule is COC(=O)c1c(NC(=O)C(C)C)sc(C(=O)N2CCCCC2)c1C. The number of carbonyl (C=O) groups is 3. The van der Waals surface area contributed by atoms with Crippen LogP contribution in [-0.2, 0) is 9.53 Å². The van der Waals surface area contributed by atoms with Gasteiger partial charge in [0.1, 0.15) is 5.00 Å². The maximum Gasteiger partial charge on any atom is 0.341 e. The standard InChI is InChI=1S/C17H24N2O4S/c1-10(2)14(20)18-15-12(17(22)23-4)11(3)13(24-15)16(21)19-8-6-5-7-9-19/h10H,5-9H2,1-4H3,(H,18,20). The van der Waals surface area contributed by atoms with Crippen molar-refractivity contribution >= 4 is 34.1 Å². The minimum Gasteiger partial charge on any atom is -0.465 e. The molecule has 0 aliphatic carbocycles. The number of likely N-dealkylation sites (tertiary alicyclic amines) is 1. The molecule has 0 unspecified atom stereocenters. The molecule has 6 nitrogen and oxygen atoms in total. The third-order valence-corrected chi connectivity index (χ3v) is 5.33. The second-order valence-electron chi connectivity index (χ2n) is 6.25. The number of nitrogens with zero attached hydrogens (tertiary/aromatic N) is 1. The van der Waals surface area contributed by atoms with Gasteiger partial charge >= 0.3 is 5.97 Å². The molecule has 2 heterocycles. The van der Waals surface area contributed by atoms with Crippen LogP contribution in [0.3, 0.4) is 0 Å². The predicted molar refractivity (Wildman–Crippen MR) is 93.6 cm³/mol. The number of esters is 1. The van der Waals surface area contributed by atoms with Crippen molar-refractivity contribution in [1.29, 1.82) is 0 Å². The summed E-state index contributed by atoms with van der Waals surface area (Å²) in [6, 6.07) is 0.